The van der Waals surface area contributed by atoms with Crippen molar-refractivity contribution >= 4 is 0 Å². The Kier molecular flexibility index (Phi) is 2.79. The lowest BCUT2D eigenvalue weighted by atomic mass is 10.1. The second kappa shape index (κ2) is 3.52. The third-order valence-electron chi connectivity index (χ3n) is 2.04. The molecule has 0 saturated heterocycles. The topological polar surface area (TPSA) is 8.81 Å². The number of nitrogens with zero attached hydrogens (tertiary/aromatic N) is 2. The number of rotatable bonds is 2. The van der Waals surface area contributed by atoms with E-state index in [0.717, 1.165) is 6.54 Å². The number of hydrogen-bond acceptors (Lipinski definition) is 0. The lowest BCUT2D eigenvalue weighted by molar-refractivity contribution is -0.702. The van der Waals surface area contributed by atoms with Gasteiger partial charge in [0.1, 0.15) is 17.9 Å². The molecule has 0 atom stereocenters. The molecule has 2 nitrogen and oxygen atoms in total. The van der Waals surface area contributed by atoms with Crippen LogP contribution in [-0.2, 0) is 12.1 Å². The lowest BCUT2D eigenvalue weighted by Gasteiger charge is -2.13. The summed E-state index contributed by atoms with van der Waals surface area (Å²) in [7, 11) is 0. The fraction of sp³-hybridized carbons (Fsp3) is 0.727. The SMILES string of the molecule is CC(C)C[n+]1ccn(C(C)(C)C)c1. The molecule has 0 radical (unpaired) electrons. The molecule has 0 fully saturated rings. The van der Waals surface area contributed by atoms with Crippen molar-refractivity contribution in [1.82, 2.24) is 4.57 Å². The Morgan fingerprint density at radius 3 is 2.31 bits per heavy atom. The molecule has 0 saturated carbocycles. The van der Waals surface area contributed by atoms with E-state index in [1.54, 1.807) is 0 Å². The summed E-state index contributed by atoms with van der Waals surface area (Å²) in [6, 6.07) is 0. The lowest BCUT2D eigenvalue weighted by Crippen LogP contribution is -2.35. The van der Waals surface area contributed by atoms with Crippen molar-refractivity contribution in [2.24, 2.45) is 5.92 Å². The van der Waals surface area contributed by atoms with Crippen molar-refractivity contribution < 1.29 is 4.57 Å². The fourth-order valence-electron chi connectivity index (χ4n) is 1.32. The molecule has 1 heterocycles. The van der Waals surface area contributed by atoms with E-state index in [9.17, 15) is 0 Å². The Labute approximate surface area is 81.2 Å². The standard InChI is InChI=1S/C11H21N2/c1-10(2)8-12-6-7-13(9-12)11(3,4)5/h6-7,9-10H,8H2,1-5H3/q+1. The van der Waals surface area contributed by atoms with Crippen LogP contribution in [0.25, 0.3) is 0 Å². The Bertz CT molecular complexity index is 266. The average molecular weight is 181 g/mol. The van der Waals surface area contributed by atoms with Gasteiger partial charge in [-0.2, -0.15) is 0 Å². The molecule has 0 aromatic carbocycles. The quantitative estimate of drug-likeness (QED) is 0.618. The largest absolute Gasteiger partial charge is 0.244 e. The minimum absolute atomic E-state index is 0.197. The summed E-state index contributed by atoms with van der Waals surface area (Å²) < 4.78 is 4.49. The van der Waals surface area contributed by atoms with Gasteiger partial charge >= 0.3 is 0 Å². The Balaban J connectivity index is 2.75. The summed E-state index contributed by atoms with van der Waals surface area (Å²) in [5.74, 6) is 0.709. The zero-order chi connectivity index (χ0) is 10.1. The van der Waals surface area contributed by atoms with Gasteiger partial charge in [0.05, 0.1) is 6.54 Å². The van der Waals surface area contributed by atoms with E-state index in [4.69, 9.17) is 0 Å². The molecule has 1 aromatic heterocycles. The predicted octanol–water partition coefficient (Wildman–Crippen LogP) is 2.19. The smallest absolute Gasteiger partial charge is 0.237 e. The number of aromatic nitrogens is 2. The molecule has 0 unspecified atom stereocenters. The van der Waals surface area contributed by atoms with Gasteiger partial charge < -0.3 is 0 Å². The first-order valence-electron chi connectivity index (χ1n) is 4.97. The molecule has 1 aromatic rings. The number of imidazole rings is 1. The zero-order valence-corrected chi connectivity index (χ0v) is 9.41. The van der Waals surface area contributed by atoms with Crippen LogP contribution in [0.15, 0.2) is 18.7 Å². The maximum atomic E-state index is 2.25. The van der Waals surface area contributed by atoms with Gasteiger partial charge in [-0.3, -0.25) is 0 Å². The monoisotopic (exact) mass is 181 g/mol. The van der Waals surface area contributed by atoms with Crippen molar-refractivity contribution in [2.75, 3.05) is 0 Å². The first kappa shape index (κ1) is 10.3. The van der Waals surface area contributed by atoms with Crippen LogP contribution in [-0.4, -0.2) is 4.57 Å². The van der Waals surface area contributed by atoms with Gasteiger partial charge in [-0.25, -0.2) is 9.13 Å². The van der Waals surface area contributed by atoms with Gasteiger partial charge in [0, 0.05) is 0 Å². The van der Waals surface area contributed by atoms with E-state index in [0.29, 0.717) is 5.92 Å². The minimum atomic E-state index is 0.197. The van der Waals surface area contributed by atoms with Gasteiger partial charge in [-0.05, 0) is 26.7 Å². The molecule has 0 aliphatic heterocycles. The molecule has 0 aliphatic carbocycles. The van der Waals surface area contributed by atoms with Crippen molar-refractivity contribution in [3.05, 3.63) is 18.7 Å². The average Bonchev–Trinajstić information content (AvgIpc) is 2.32. The molecule has 74 valence electrons. The molecule has 0 N–H and O–H groups in total. The molecule has 13 heavy (non-hydrogen) atoms. The van der Waals surface area contributed by atoms with Crippen LogP contribution in [0.5, 0.6) is 0 Å². The van der Waals surface area contributed by atoms with Crippen LogP contribution in [0.1, 0.15) is 34.6 Å². The van der Waals surface area contributed by atoms with E-state index < -0.39 is 0 Å². The van der Waals surface area contributed by atoms with Crippen molar-refractivity contribution in [3.63, 3.8) is 0 Å². The van der Waals surface area contributed by atoms with Crippen molar-refractivity contribution in [1.29, 1.82) is 0 Å². The van der Waals surface area contributed by atoms with Crippen LogP contribution in [0.4, 0.5) is 0 Å². The molecule has 0 amide bonds. The molecule has 0 spiro atoms. The third kappa shape index (κ3) is 2.87. The normalized spacial score (nSPS) is 12.5. The highest BCUT2D eigenvalue weighted by molar-refractivity contribution is 4.78. The van der Waals surface area contributed by atoms with Gasteiger partial charge in [-0.1, -0.05) is 13.8 Å². The van der Waals surface area contributed by atoms with Crippen molar-refractivity contribution in [2.45, 2.75) is 46.7 Å². The van der Waals surface area contributed by atoms with Crippen LogP contribution >= 0.6 is 0 Å². The van der Waals surface area contributed by atoms with E-state index in [2.05, 4.69) is 62.5 Å². The highest BCUT2D eigenvalue weighted by Gasteiger charge is 2.18. The van der Waals surface area contributed by atoms with Gasteiger partial charge in [0.15, 0.2) is 0 Å². The maximum Gasteiger partial charge on any atom is 0.244 e. The van der Waals surface area contributed by atoms with Gasteiger partial charge in [0.2, 0.25) is 6.33 Å². The van der Waals surface area contributed by atoms with E-state index >= 15 is 0 Å². The Hall–Kier alpha value is -0.790. The Morgan fingerprint density at radius 1 is 1.31 bits per heavy atom. The summed E-state index contributed by atoms with van der Waals surface area (Å²) in [4.78, 5) is 0. The van der Waals surface area contributed by atoms with Crippen LogP contribution in [0, 0.1) is 5.92 Å². The molecule has 0 aliphatic rings. The summed E-state index contributed by atoms with van der Waals surface area (Å²) in [5, 5.41) is 0. The molecule has 1 rings (SSSR count). The van der Waals surface area contributed by atoms with Crippen LogP contribution in [0.3, 0.4) is 0 Å². The predicted molar refractivity (Wildman–Crippen MR) is 54.5 cm³/mol. The summed E-state index contributed by atoms with van der Waals surface area (Å²) in [5.41, 5.74) is 0.197. The second-order valence-corrected chi connectivity index (χ2v) is 5.08. The number of hydrogen-bond donors (Lipinski definition) is 0. The van der Waals surface area contributed by atoms with Gasteiger partial charge in [-0.15, -0.1) is 0 Å². The summed E-state index contributed by atoms with van der Waals surface area (Å²) in [6.07, 6.45) is 6.47. The van der Waals surface area contributed by atoms with E-state index in [1.165, 1.54) is 0 Å². The molecular weight excluding hydrogens is 160 g/mol. The van der Waals surface area contributed by atoms with E-state index in [1.807, 2.05) is 0 Å². The second-order valence-electron chi connectivity index (χ2n) is 5.08. The van der Waals surface area contributed by atoms with Crippen LogP contribution in [0.2, 0.25) is 0 Å². The first-order valence-corrected chi connectivity index (χ1v) is 4.97. The first-order chi connectivity index (χ1) is 5.89. The fourth-order valence-corrected chi connectivity index (χ4v) is 1.32. The molecule has 0 bridgehead atoms. The van der Waals surface area contributed by atoms with Crippen molar-refractivity contribution in [3.8, 4) is 0 Å². The van der Waals surface area contributed by atoms with Crippen LogP contribution < -0.4 is 4.57 Å². The van der Waals surface area contributed by atoms with Gasteiger partial charge in [0.25, 0.3) is 0 Å². The maximum absolute atomic E-state index is 2.25. The summed E-state index contributed by atoms with van der Waals surface area (Å²) >= 11 is 0. The molecular formula is C11H21N2+. The minimum Gasteiger partial charge on any atom is -0.237 e. The zero-order valence-electron chi connectivity index (χ0n) is 9.41. The summed E-state index contributed by atoms with van der Waals surface area (Å²) in [6.45, 7) is 12.2. The third-order valence-corrected chi connectivity index (χ3v) is 2.04. The highest BCUT2D eigenvalue weighted by atomic mass is 15.1. The molecule has 2 heteroatoms. The highest BCUT2D eigenvalue weighted by Crippen LogP contribution is 2.11. The van der Waals surface area contributed by atoms with E-state index in [-0.39, 0.29) is 5.54 Å². The Morgan fingerprint density at radius 2 is 1.92 bits per heavy atom.